The molecule has 0 fully saturated rings. The van der Waals surface area contributed by atoms with Crippen molar-refractivity contribution >= 4 is 58.2 Å². The van der Waals surface area contributed by atoms with Gasteiger partial charge in [0, 0.05) is 29.7 Å². The number of hydrogen-bond acceptors (Lipinski definition) is 6. The number of benzene rings is 4. The molecule has 224 valence electrons. The molecule has 0 bridgehead atoms. The monoisotopic (exact) mass is 638 g/mol. The molecule has 0 aliphatic carbocycles. The first-order valence-electron chi connectivity index (χ1n) is 13.8. The van der Waals surface area contributed by atoms with Crippen LogP contribution in [0.2, 0.25) is 10.0 Å². The van der Waals surface area contributed by atoms with Gasteiger partial charge in [-0.15, -0.1) is 0 Å². The quantitative estimate of drug-likeness (QED) is 0.183. The van der Waals surface area contributed by atoms with Gasteiger partial charge in [0.05, 0.1) is 21.4 Å². The Morgan fingerprint density at radius 3 is 1.16 bits per heavy atom. The summed E-state index contributed by atoms with van der Waals surface area (Å²) in [5.41, 5.74) is 2.26. The number of carbonyl (C=O) groups is 4. The van der Waals surface area contributed by atoms with Gasteiger partial charge in [0.2, 0.25) is 0 Å². The first-order chi connectivity index (χ1) is 21.5. The van der Waals surface area contributed by atoms with Crippen molar-refractivity contribution in [2.24, 2.45) is 0 Å². The van der Waals surface area contributed by atoms with E-state index in [1.54, 1.807) is 60.7 Å². The lowest BCUT2D eigenvalue weighted by Gasteiger charge is -2.27. The fourth-order valence-electron chi connectivity index (χ4n) is 5.00. The van der Waals surface area contributed by atoms with Gasteiger partial charge in [-0.25, -0.2) is 9.80 Å². The molecule has 0 atom stereocenters. The summed E-state index contributed by atoms with van der Waals surface area (Å²) in [6, 6.07) is 24.3. The molecule has 0 saturated heterocycles. The summed E-state index contributed by atoms with van der Waals surface area (Å²) in [6.07, 6.45) is 4.93. The number of anilines is 2. The van der Waals surface area contributed by atoms with Crippen molar-refractivity contribution in [2.45, 2.75) is 19.3 Å². The predicted molar refractivity (Wildman–Crippen MR) is 171 cm³/mol. The minimum atomic E-state index is -0.487. The molecule has 0 N–H and O–H groups in total. The Morgan fingerprint density at radius 2 is 0.844 bits per heavy atom. The maximum atomic E-state index is 11.9. The van der Waals surface area contributed by atoms with Crippen molar-refractivity contribution in [3.05, 3.63) is 130 Å². The predicted octanol–water partition coefficient (Wildman–Crippen LogP) is 7.76. The van der Waals surface area contributed by atoms with Gasteiger partial charge in [-0.05, 0) is 83.9 Å². The van der Waals surface area contributed by atoms with E-state index in [1.165, 1.54) is 24.3 Å². The average molecular weight is 639 g/mol. The van der Waals surface area contributed by atoms with E-state index in [2.05, 4.69) is 13.8 Å². The van der Waals surface area contributed by atoms with Crippen LogP contribution in [0, 0.1) is 0 Å². The van der Waals surface area contributed by atoms with E-state index in [-0.39, 0.29) is 0 Å². The molecule has 4 aromatic rings. The first-order valence-corrected chi connectivity index (χ1v) is 14.5. The Bertz CT molecular complexity index is 1760. The fraction of sp³-hybridized carbons (Fsp3) is 0.0857. The number of amides is 4. The Morgan fingerprint density at radius 1 is 0.511 bits per heavy atom. The lowest BCUT2D eigenvalue weighted by molar-refractivity contribution is -0.121. The van der Waals surface area contributed by atoms with Gasteiger partial charge in [0.25, 0.3) is 23.6 Å². The number of imide groups is 2. The molecule has 8 nitrogen and oxygen atoms in total. The van der Waals surface area contributed by atoms with Crippen LogP contribution < -0.4 is 19.3 Å². The smallest absolute Gasteiger partial charge is 0.258 e. The van der Waals surface area contributed by atoms with E-state index in [1.807, 2.05) is 24.3 Å². The third-order valence-corrected chi connectivity index (χ3v) is 8.16. The van der Waals surface area contributed by atoms with Crippen LogP contribution in [-0.2, 0) is 24.6 Å². The van der Waals surface area contributed by atoms with E-state index in [9.17, 15) is 19.2 Å². The molecular weight excluding hydrogens is 615 g/mol. The molecule has 0 unspecified atom stereocenters. The van der Waals surface area contributed by atoms with Crippen molar-refractivity contribution in [3.63, 3.8) is 0 Å². The molecule has 0 spiro atoms. The van der Waals surface area contributed by atoms with Crippen LogP contribution in [0.25, 0.3) is 0 Å². The van der Waals surface area contributed by atoms with Crippen LogP contribution in [0.3, 0.4) is 0 Å². The molecule has 10 heteroatoms. The molecule has 0 saturated carbocycles. The fourth-order valence-corrected chi connectivity index (χ4v) is 5.44. The van der Waals surface area contributed by atoms with Crippen LogP contribution >= 0.6 is 23.2 Å². The van der Waals surface area contributed by atoms with Gasteiger partial charge in [-0.2, -0.15) is 0 Å². The molecule has 2 heterocycles. The number of carbonyl (C=O) groups excluding carboxylic acids is 4. The van der Waals surface area contributed by atoms with Crippen LogP contribution in [0.1, 0.15) is 25.0 Å². The summed E-state index contributed by atoms with van der Waals surface area (Å²) in [5, 5.41) is 0.808. The Hall–Kier alpha value is -5.18. The van der Waals surface area contributed by atoms with Crippen molar-refractivity contribution in [1.82, 2.24) is 0 Å². The third-order valence-electron chi connectivity index (χ3n) is 7.57. The largest absolute Gasteiger partial charge is 0.456 e. The number of ether oxygens (including phenoxy) is 2. The van der Waals surface area contributed by atoms with E-state index in [0.717, 1.165) is 20.9 Å². The van der Waals surface area contributed by atoms with Gasteiger partial charge in [-0.3, -0.25) is 19.2 Å². The number of nitrogens with zero attached hydrogens (tertiary/aromatic N) is 2. The molecule has 6 rings (SSSR count). The summed E-state index contributed by atoms with van der Waals surface area (Å²) in [6.45, 7) is 4.10. The molecule has 4 amide bonds. The summed E-state index contributed by atoms with van der Waals surface area (Å²) < 4.78 is 12.0. The van der Waals surface area contributed by atoms with E-state index in [4.69, 9.17) is 32.7 Å². The second-order valence-corrected chi connectivity index (χ2v) is 11.6. The van der Waals surface area contributed by atoms with E-state index < -0.39 is 29.0 Å². The second kappa shape index (κ2) is 11.7. The van der Waals surface area contributed by atoms with Crippen LogP contribution in [0.4, 0.5) is 11.4 Å². The highest BCUT2D eigenvalue weighted by atomic mass is 35.5. The van der Waals surface area contributed by atoms with Crippen molar-refractivity contribution in [1.29, 1.82) is 0 Å². The number of halogens is 2. The summed E-state index contributed by atoms with van der Waals surface area (Å²) in [4.78, 5) is 49.9. The zero-order chi connectivity index (χ0) is 31.9. The standard InChI is InChI=1S/C35H24Cl2N2O6/c1-35(2,21-3-13-29(27(36)19-21)44-25-9-5-23(6-10-25)38-31(40)15-16-32(38)41)22-4-14-30(28(37)20-22)45-26-11-7-24(8-12-26)39-33(42)17-18-34(39)43/h3-20H,1-2H3. The highest BCUT2D eigenvalue weighted by Gasteiger charge is 2.27. The number of hydrogen-bond donors (Lipinski definition) is 0. The lowest BCUT2D eigenvalue weighted by atomic mass is 9.78. The zero-order valence-corrected chi connectivity index (χ0v) is 25.5. The van der Waals surface area contributed by atoms with Crippen LogP contribution in [0.5, 0.6) is 23.0 Å². The maximum Gasteiger partial charge on any atom is 0.258 e. The molecule has 2 aliphatic heterocycles. The Kier molecular flexibility index (Phi) is 7.78. The van der Waals surface area contributed by atoms with E-state index in [0.29, 0.717) is 44.4 Å². The van der Waals surface area contributed by atoms with Crippen LogP contribution in [0.15, 0.2) is 109 Å². The van der Waals surface area contributed by atoms with Gasteiger partial charge < -0.3 is 9.47 Å². The molecule has 2 aliphatic rings. The molecule has 45 heavy (non-hydrogen) atoms. The molecule has 4 aromatic carbocycles. The average Bonchev–Trinajstić information content (AvgIpc) is 3.54. The van der Waals surface area contributed by atoms with Crippen LogP contribution in [-0.4, -0.2) is 23.6 Å². The normalized spacial score (nSPS) is 14.6. The Labute approximate surface area is 268 Å². The van der Waals surface area contributed by atoms with Gasteiger partial charge in [-0.1, -0.05) is 49.2 Å². The van der Waals surface area contributed by atoms with Crippen molar-refractivity contribution < 1.29 is 28.7 Å². The third kappa shape index (κ3) is 5.85. The molecule has 0 radical (unpaired) electrons. The van der Waals surface area contributed by atoms with Gasteiger partial charge in [0.1, 0.15) is 23.0 Å². The Balaban J connectivity index is 1.14. The van der Waals surface area contributed by atoms with Crippen molar-refractivity contribution in [3.8, 4) is 23.0 Å². The topological polar surface area (TPSA) is 93.2 Å². The summed E-state index contributed by atoms with van der Waals surface area (Å²) in [7, 11) is 0. The first kappa shape index (κ1) is 29.9. The maximum absolute atomic E-state index is 11.9. The van der Waals surface area contributed by atoms with Gasteiger partial charge in [0.15, 0.2) is 0 Å². The van der Waals surface area contributed by atoms with E-state index >= 15 is 0 Å². The second-order valence-electron chi connectivity index (χ2n) is 10.8. The van der Waals surface area contributed by atoms with Gasteiger partial charge >= 0.3 is 0 Å². The highest BCUT2D eigenvalue weighted by Crippen LogP contribution is 2.40. The lowest BCUT2D eigenvalue weighted by Crippen LogP contribution is -2.29. The highest BCUT2D eigenvalue weighted by molar-refractivity contribution is 6.32. The molecular formula is C35H24Cl2N2O6. The minimum absolute atomic E-state index is 0.390. The summed E-state index contributed by atoms with van der Waals surface area (Å²) >= 11 is 13.3. The summed E-state index contributed by atoms with van der Waals surface area (Å²) in [5.74, 6) is 0.315. The SMILES string of the molecule is CC(C)(c1ccc(Oc2ccc(N3C(=O)C=CC3=O)cc2)c(Cl)c1)c1ccc(Oc2ccc(N3C(=O)C=CC3=O)cc2)c(Cl)c1. The molecule has 0 aromatic heterocycles. The zero-order valence-electron chi connectivity index (χ0n) is 24.0. The minimum Gasteiger partial charge on any atom is -0.456 e. The van der Waals surface area contributed by atoms with Crippen molar-refractivity contribution in [2.75, 3.05) is 9.80 Å². The number of rotatable bonds is 8.